The summed E-state index contributed by atoms with van der Waals surface area (Å²) in [7, 11) is 0. The molecule has 3 aromatic carbocycles. The molecule has 3 rings (SSSR count). The first-order chi connectivity index (χ1) is 10.4. The second-order valence-electron chi connectivity index (χ2n) is 4.63. The van der Waals surface area contributed by atoms with Crippen LogP contribution in [0.4, 0.5) is 0 Å². The van der Waals surface area contributed by atoms with E-state index in [1.807, 2.05) is 42.5 Å². The van der Waals surface area contributed by atoms with Gasteiger partial charge in [-0.2, -0.15) is 0 Å². The molecule has 0 bridgehead atoms. The highest BCUT2D eigenvalue weighted by molar-refractivity contribution is 5.83. The van der Waals surface area contributed by atoms with Gasteiger partial charge in [0.15, 0.2) is 0 Å². The Labute approximate surface area is 123 Å². The molecule has 0 radical (unpaired) electrons. The Balaban J connectivity index is 2.05. The van der Waals surface area contributed by atoms with Gasteiger partial charge in [-0.3, -0.25) is 0 Å². The fourth-order valence-electron chi connectivity index (χ4n) is 2.36. The largest absolute Gasteiger partial charge is 0.388 e. The van der Waals surface area contributed by atoms with Crippen LogP contribution in [-0.2, 0) is 0 Å². The number of nitriles is 1. The average Bonchev–Trinajstić information content (AvgIpc) is 2.57. The molecule has 0 aromatic heterocycles. The number of hydrogen-bond acceptors (Lipinski definition) is 2. The van der Waals surface area contributed by atoms with Crippen molar-refractivity contribution >= 4 is 0 Å². The molecular formula is C19H13NO. The summed E-state index contributed by atoms with van der Waals surface area (Å²) in [5.74, 6) is 0.554. The number of hydrogen-bond donors (Lipinski definition) is 0. The zero-order valence-electron chi connectivity index (χ0n) is 11.4. The normalized spacial score (nSPS) is 9.86. The first-order valence-corrected chi connectivity index (χ1v) is 6.69. The molecule has 0 saturated heterocycles. The molecular weight excluding hydrogens is 258 g/mol. The first kappa shape index (κ1) is 13.0. The Hall–Kier alpha value is -3.05. The summed E-state index contributed by atoms with van der Waals surface area (Å²) in [5.41, 5.74) is 4.63. The lowest BCUT2D eigenvalue weighted by atomic mass is 9.95. The standard InChI is InChI=1S/C19H13NO/c20-14-21-17-12-10-16(11-13-17)19-9-5-4-8-18(19)15-6-2-1-3-7-15/h1-13H. The van der Waals surface area contributed by atoms with E-state index in [-0.39, 0.29) is 0 Å². The van der Waals surface area contributed by atoms with E-state index in [9.17, 15) is 0 Å². The summed E-state index contributed by atoms with van der Waals surface area (Å²) in [6.07, 6.45) is 1.68. The van der Waals surface area contributed by atoms with Gasteiger partial charge in [-0.25, -0.2) is 0 Å². The fourth-order valence-corrected chi connectivity index (χ4v) is 2.36. The minimum absolute atomic E-state index is 0.554. The number of nitrogens with zero attached hydrogens (tertiary/aromatic N) is 1. The Morgan fingerprint density at radius 1 is 0.619 bits per heavy atom. The first-order valence-electron chi connectivity index (χ1n) is 6.69. The molecule has 0 amide bonds. The van der Waals surface area contributed by atoms with Crippen molar-refractivity contribution in [2.24, 2.45) is 0 Å². The van der Waals surface area contributed by atoms with Gasteiger partial charge in [0, 0.05) is 0 Å². The highest BCUT2D eigenvalue weighted by Gasteiger charge is 2.06. The van der Waals surface area contributed by atoms with Crippen LogP contribution in [0, 0.1) is 11.5 Å². The van der Waals surface area contributed by atoms with E-state index < -0.39 is 0 Å². The van der Waals surface area contributed by atoms with Crippen molar-refractivity contribution < 1.29 is 4.74 Å². The van der Waals surface area contributed by atoms with Gasteiger partial charge in [-0.05, 0) is 34.4 Å². The molecule has 21 heavy (non-hydrogen) atoms. The molecule has 0 fully saturated rings. The maximum atomic E-state index is 8.53. The molecule has 0 saturated carbocycles. The number of benzene rings is 3. The molecule has 0 spiro atoms. The Morgan fingerprint density at radius 2 is 1.14 bits per heavy atom. The highest BCUT2D eigenvalue weighted by atomic mass is 16.5. The lowest BCUT2D eigenvalue weighted by Gasteiger charge is -2.10. The Kier molecular flexibility index (Phi) is 3.66. The Bertz CT molecular complexity index is 771. The van der Waals surface area contributed by atoms with Crippen molar-refractivity contribution in [1.82, 2.24) is 0 Å². The van der Waals surface area contributed by atoms with Crippen LogP contribution in [0.25, 0.3) is 22.3 Å². The minimum atomic E-state index is 0.554. The van der Waals surface area contributed by atoms with E-state index in [0.717, 1.165) is 11.1 Å². The van der Waals surface area contributed by atoms with Crippen LogP contribution in [0.2, 0.25) is 0 Å². The second kappa shape index (κ2) is 5.94. The number of rotatable bonds is 3. The molecule has 0 heterocycles. The predicted molar refractivity (Wildman–Crippen MR) is 83.6 cm³/mol. The fraction of sp³-hybridized carbons (Fsp3) is 0. The zero-order chi connectivity index (χ0) is 14.5. The molecule has 2 heteroatoms. The van der Waals surface area contributed by atoms with Crippen molar-refractivity contribution in [3.63, 3.8) is 0 Å². The molecule has 0 N–H and O–H groups in total. The summed E-state index contributed by atoms with van der Waals surface area (Å²) in [4.78, 5) is 0. The molecule has 0 unspecified atom stereocenters. The maximum Gasteiger partial charge on any atom is 0.292 e. The monoisotopic (exact) mass is 271 g/mol. The van der Waals surface area contributed by atoms with Gasteiger partial charge < -0.3 is 4.74 Å². The summed E-state index contributed by atoms with van der Waals surface area (Å²) < 4.78 is 4.82. The maximum absolute atomic E-state index is 8.53. The van der Waals surface area contributed by atoms with Crippen LogP contribution in [0.5, 0.6) is 5.75 Å². The average molecular weight is 271 g/mol. The molecule has 0 atom stereocenters. The quantitative estimate of drug-likeness (QED) is 0.636. The molecule has 100 valence electrons. The third-order valence-electron chi connectivity index (χ3n) is 3.34. The van der Waals surface area contributed by atoms with Crippen molar-refractivity contribution in [2.75, 3.05) is 0 Å². The molecule has 0 aliphatic carbocycles. The van der Waals surface area contributed by atoms with E-state index in [1.54, 1.807) is 18.4 Å². The predicted octanol–water partition coefficient (Wildman–Crippen LogP) is 4.88. The van der Waals surface area contributed by atoms with Crippen LogP contribution in [0.1, 0.15) is 0 Å². The molecule has 0 aliphatic heterocycles. The van der Waals surface area contributed by atoms with Crippen LogP contribution in [0.3, 0.4) is 0 Å². The van der Waals surface area contributed by atoms with Crippen molar-refractivity contribution in [1.29, 1.82) is 5.26 Å². The van der Waals surface area contributed by atoms with E-state index in [1.165, 1.54) is 11.1 Å². The van der Waals surface area contributed by atoms with Gasteiger partial charge >= 0.3 is 0 Å². The van der Waals surface area contributed by atoms with Crippen LogP contribution < -0.4 is 4.74 Å². The van der Waals surface area contributed by atoms with Gasteiger partial charge in [-0.15, -0.1) is 5.26 Å². The van der Waals surface area contributed by atoms with Gasteiger partial charge in [0.2, 0.25) is 0 Å². The summed E-state index contributed by atoms with van der Waals surface area (Å²) in [5, 5.41) is 8.53. The van der Waals surface area contributed by atoms with E-state index in [0.29, 0.717) is 5.75 Å². The van der Waals surface area contributed by atoms with Crippen molar-refractivity contribution in [2.45, 2.75) is 0 Å². The van der Waals surface area contributed by atoms with Crippen molar-refractivity contribution in [3.8, 4) is 34.3 Å². The third-order valence-corrected chi connectivity index (χ3v) is 3.34. The molecule has 3 aromatic rings. The van der Waals surface area contributed by atoms with Gasteiger partial charge in [0.05, 0.1) is 0 Å². The lowest BCUT2D eigenvalue weighted by molar-refractivity contribution is 0.507. The smallest absolute Gasteiger partial charge is 0.292 e. The van der Waals surface area contributed by atoms with Gasteiger partial charge in [0.1, 0.15) is 5.75 Å². The summed E-state index contributed by atoms with van der Waals surface area (Å²) in [6, 6.07) is 26.1. The molecule has 2 nitrogen and oxygen atoms in total. The van der Waals surface area contributed by atoms with Crippen molar-refractivity contribution in [3.05, 3.63) is 78.9 Å². The van der Waals surface area contributed by atoms with Gasteiger partial charge in [0.25, 0.3) is 6.26 Å². The molecule has 0 aliphatic rings. The zero-order valence-corrected chi connectivity index (χ0v) is 11.4. The summed E-state index contributed by atoms with van der Waals surface area (Å²) >= 11 is 0. The minimum Gasteiger partial charge on any atom is -0.388 e. The van der Waals surface area contributed by atoms with Crippen LogP contribution >= 0.6 is 0 Å². The SMILES string of the molecule is N#COc1ccc(-c2ccccc2-c2ccccc2)cc1. The van der Waals surface area contributed by atoms with E-state index in [2.05, 4.69) is 24.3 Å². The lowest BCUT2D eigenvalue weighted by Crippen LogP contribution is -1.86. The third kappa shape index (κ3) is 2.77. The highest BCUT2D eigenvalue weighted by Crippen LogP contribution is 2.32. The van der Waals surface area contributed by atoms with Crippen LogP contribution in [-0.4, -0.2) is 0 Å². The topological polar surface area (TPSA) is 33.0 Å². The van der Waals surface area contributed by atoms with E-state index >= 15 is 0 Å². The Morgan fingerprint density at radius 3 is 1.71 bits per heavy atom. The van der Waals surface area contributed by atoms with E-state index in [4.69, 9.17) is 10.00 Å². The van der Waals surface area contributed by atoms with Gasteiger partial charge in [-0.1, -0.05) is 66.7 Å². The number of ether oxygens (including phenoxy) is 1. The summed E-state index contributed by atoms with van der Waals surface area (Å²) in [6.45, 7) is 0. The second-order valence-corrected chi connectivity index (χ2v) is 4.63. The van der Waals surface area contributed by atoms with Crippen LogP contribution in [0.15, 0.2) is 78.9 Å².